The summed E-state index contributed by atoms with van der Waals surface area (Å²) in [5.74, 6) is -4.79. The van der Waals surface area contributed by atoms with Gasteiger partial charge in [0.05, 0.1) is 6.10 Å². The van der Waals surface area contributed by atoms with E-state index in [1.165, 1.54) is 0 Å². The van der Waals surface area contributed by atoms with Gasteiger partial charge in [-0.3, -0.25) is 0 Å². The third kappa shape index (κ3) is 6.49. The first-order valence-corrected chi connectivity index (χ1v) is 6.01. The summed E-state index contributed by atoms with van der Waals surface area (Å²) in [7, 11) is 0. The first kappa shape index (κ1) is 17.6. The van der Waals surface area contributed by atoms with Crippen LogP contribution in [0.1, 0.15) is 33.1 Å². The summed E-state index contributed by atoms with van der Waals surface area (Å²) in [5, 5.41) is 2.94. The van der Waals surface area contributed by atoms with Crippen molar-refractivity contribution in [1.29, 1.82) is 0 Å². The van der Waals surface area contributed by atoms with Crippen molar-refractivity contribution in [1.82, 2.24) is 5.32 Å². The molecule has 0 bridgehead atoms. The lowest BCUT2D eigenvalue weighted by Gasteiger charge is -2.23. The number of hydrogen-bond donors (Lipinski definition) is 1. The largest absolute Gasteiger partial charge is 0.455 e. The van der Waals surface area contributed by atoms with Gasteiger partial charge in [0, 0.05) is 6.54 Å². The van der Waals surface area contributed by atoms with E-state index in [0.717, 1.165) is 6.42 Å². The molecule has 0 heterocycles. The molecule has 0 aliphatic heterocycles. The van der Waals surface area contributed by atoms with Crippen LogP contribution in [0.15, 0.2) is 0 Å². The van der Waals surface area contributed by atoms with Crippen molar-refractivity contribution in [3.8, 4) is 0 Å². The molecule has 0 radical (unpaired) electrons. The van der Waals surface area contributed by atoms with Crippen LogP contribution < -0.4 is 5.32 Å². The van der Waals surface area contributed by atoms with E-state index in [0.29, 0.717) is 19.4 Å². The van der Waals surface area contributed by atoms with Crippen LogP contribution in [0.25, 0.3) is 0 Å². The average Bonchev–Trinajstić information content (AvgIpc) is 2.24. The number of ether oxygens (including phenoxy) is 1. The number of alkyl halides is 5. The summed E-state index contributed by atoms with van der Waals surface area (Å²) < 4.78 is 65.8. The number of hydrogen-bond acceptors (Lipinski definition) is 2. The second kappa shape index (κ2) is 7.89. The highest BCUT2D eigenvalue weighted by molar-refractivity contribution is 4.76. The molecule has 110 valence electrons. The maximum atomic E-state index is 12.6. The van der Waals surface area contributed by atoms with Crippen molar-refractivity contribution >= 4 is 0 Å². The predicted octanol–water partition coefficient (Wildman–Crippen LogP) is 3.37. The first-order chi connectivity index (χ1) is 8.24. The van der Waals surface area contributed by atoms with Gasteiger partial charge in [0.1, 0.15) is 6.61 Å². The molecular formula is C11H20F5NO. The lowest BCUT2D eigenvalue weighted by atomic mass is 10.2. The summed E-state index contributed by atoms with van der Waals surface area (Å²) in [6.45, 7) is 3.10. The molecule has 7 heteroatoms. The third-order valence-electron chi connectivity index (χ3n) is 2.32. The van der Waals surface area contributed by atoms with E-state index in [1.54, 1.807) is 0 Å². The lowest BCUT2D eigenvalue weighted by Crippen LogP contribution is -2.43. The highest BCUT2D eigenvalue weighted by atomic mass is 19.4. The van der Waals surface area contributed by atoms with Gasteiger partial charge in [-0.15, -0.1) is 0 Å². The lowest BCUT2D eigenvalue weighted by molar-refractivity contribution is -0.299. The summed E-state index contributed by atoms with van der Waals surface area (Å²) in [4.78, 5) is 0. The minimum atomic E-state index is -5.55. The molecule has 0 aliphatic carbocycles. The first-order valence-electron chi connectivity index (χ1n) is 6.01. The Morgan fingerprint density at radius 1 is 1.06 bits per heavy atom. The zero-order valence-corrected chi connectivity index (χ0v) is 10.6. The van der Waals surface area contributed by atoms with Gasteiger partial charge in [0.2, 0.25) is 0 Å². The van der Waals surface area contributed by atoms with Crippen molar-refractivity contribution in [3.05, 3.63) is 0 Å². The van der Waals surface area contributed by atoms with E-state index >= 15 is 0 Å². The zero-order valence-electron chi connectivity index (χ0n) is 10.6. The molecule has 0 aromatic heterocycles. The van der Waals surface area contributed by atoms with E-state index in [9.17, 15) is 22.0 Å². The Morgan fingerprint density at radius 2 is 1.67 bits per heavy atom. The molecule has 18 heavy (non-hydrogen) atoms. The van der Waals surface area contributed by atoms with Crippen LogP contribution in [0.2, 0.25) is 0 Å². The summed E-state index contributed by atoms with van der Waals surface area (Å²) in [6.07, 6.45) is -4.20. The van der Waals surface area contributed by atoms with Crippen LogP contribution >= 0.6 is 0 Å². The molecule has 0 saturated heterocycles. The van der Waals surface area contributed by atoms with Gasteiger partial charge in [-0.1, -0.05) is 20.3 Å². The quantitative estimate of drug-likeness (QED) is 0.515. The molecule has 0 aromatic rings. The van der Waals surface area contributed by atoms with Gasteiger partial charge in [0.15, 0.2) is 0 Å². The minimum Gasteiger partial charge on any atom is -0.370 e. The van der Waals surface area contributed by atoms with Crippen LogP contribution in [-0.2, 0) is 4.74 Å². The molecule has 1 atom stereocenters. The number of rotatable bonds is 9. The van der Waals surface area contributed by atoms with Gasteiger partial charge in [-0.05, 0) is 19.4 Å². The van der Waals surface area contributed by atoms with Crippen molar-refractivity contribution in [2.45, 2.75) is 51.3 Å². The summed E-state index contributed by atoms with van der Waals surface area (Å²) in [6, 6.07) is 0. The Labute approximate surface area is 104 Å². The fraction of sp³-hybridized carbons (Fsp3) is 1.00. The highest BCUT2D eigenvalue weighted by Crippen LogP contribution is 2.35. The molecule has 0 saturated carbocycles. The van der Waals surface area contributed by atoms with Crippen molar-refractivity contribution in [3.63, 3.8) is 0 Å². The molecular weight excluding hydrogens is 257 g/mol. The molecule has 1 N–H and O–H groups in total. The Hall–Kier alpha value is -0.430. The molecule has 2 nitrogen and oxygen atoms in total. The maximum absolute atomic E-state index is 12.6. The van der Waals surface area contributed by atoms with Crippen LogP contribution in [0.3, 0.4) is 0 Å². The predicted molar refractivity (Wildman–Crippen MR) is 58.8 cm³/mol. The van der Waals surface area contributed by atoms with E-state index in [4.69, 9.17) is 0 Å². The van der Waals surface area contributed by atoms with E-state index in [2.05, 4.69) is 10.1 Å². The SMILES string of the molecule is CCCNCC(CCC)OCC(F)(F)C(F)(F)F. The summed E-state index contributed by atoms with van der Waals surface area (Å²) >= 11 is 0. The number of nitrogens with one attached hydrogen (secondary N) is 1. The van der Waals surface area contributed by atoms with Crippen molar-refractivity contribution in [2.75, 3.05) is 19.7 Å². The fourth-order valence-electron chi connectivity index (χ4n) is 1.31. The fourth-order valence-corrected chi connectivity index (χ4v) is 1.31. The molecule has 0 spiro atoms. The van der Waals surface area contributed by atoms with Crippen molar-refractivity contribution < 1.29 is 26.7 Å². The van der Waals surface area contributed by atoms with Gasteiger partial charge in [0.25, 0.3) is 0 Å². The normalized spacial score (nSPS) is 14.8. The monoisotopic (exact) mass is 277 g/mol. The highest BCUT2D eigenvalue weighted by Gasteiger charge is 2.57. The Balaban J connectivity index is 4.17. The third-order valence-corrected chi connectivity index (χ3v) is 2.32. The standard InChI is InChI=1S/C11H20F5NO/c1-3-5-9(7-17-6-4-2)18-8-10(12,13)11(14,15)16/h9,17H,3-8H2,1-2H3. The smallest absolute Gasteiger partial charge is 0.370 e. The summed E-state index contributed by atoms with van der Waals surface area (Å²) in [5.41, 5.74) is 0. The molecule has 0 aromatic carbocycles. The maximum Gasteiger partial charge on any atom is 0.455 e. The second-order valence-electron chi connectivity index (χ2n) is 4.13. The van der Waals surface area contributed by atoms with Crippen LogP contribution in [0.5, 0.6) is 0 Å². The Kier molecular flexibility index (Phi) is 7.70. The molecule has 0 aliphatic rings. The zero-order chi connectivity index (χ0) is 14.2. The van der Waals surface area contributed by atoms with E-state index in [-0.39, 0.29) is 6.54 Å². The molecule has 0 rings (SSSR count). The van der Waals surface area contributed by atoms with Gasteiger partial charge in [-0.25, -0.2) is 0 Å². The van der Waals surface area contributed by atoms with Crippen LogP contribution in [-0.4, -0.2) is 37.9 Å². The minimum absolute atomic E-state index is 0.287. The van der Waals surface area contributed by atoms with E-state index in [1.807, 2.05) is 13.8 Å². The molecule has 0 amide bonds. The van der Waals surface area contributed by atoms with Crippen molar-refractivity contribution in [2.24, 2.45) is 0 Å². The molecule has 1 unspecified atom stereocenters. The Morgan fingerprint density at radius 3 is 2.11 bits per heavy atom. The molecule has 0 fully saturated rings. The van der Waals surface area contributed by atoms with Crippen LogP contribution in [0, 0.1) is 0 Å². The number of halogens is 5. The van der Waals surface area contributed by atoms with Gasteiger partial charge < -0.3 is 10.1 Å². The second-order valence-corrected chi connectivity index (χ2v) is 4.13. The van der Waals surface area contributed by atoms with Gasteiger partial charge in [-0.2, -0.15) is 22.0 Å². The topological polar surface area (TPSA) is 21.3 Å². The average molecular weight is 277 g/mol. The van der Waals surface area contributed by atoms with Crippen LogP contribution in [0.4, 0.5) is 22.0 Å². The van der Waals surface area contributed by atoms with E-state index < -0.39 is 24.8 Å². The Bertz CT molecular complexity index is 220. The van der Waals surface area contributed by atoms with Gasteiger partial charge >= 0.3 is 12.1 Å².